The number of aryl methyl sites for hydroxylation is 1. The maximum absolute atomic E-state index is 12.6. The fourth-order valence-corrected chi connectivity index (χ4v) is 5.87. The summed E-state index contributed by atoms with van der Waals surface area (Å²) in [6.07, 6.45) is 4.18. The van der Waals surface area contributed by atoms with Crippen LogP contribution < -0.4 is 5.48 Å². The van der Waals surface area contributed by atoms with Crippen LogP contribution in [0.5, 0.6) is 0 Å². The highest BCUT2D eigenvalue weighted by molar-refractivity contribution is 7.80. The lowest BCUT2D eigenvalue weighted by Crippen LogP contribution is -2.49. The van der Waals surface area contributed by atoms with Crippen LogP contribution in [0.1, 0.15) is 60.9 Å². The molecule has 2 saturated heterocycles. The third-order valence-electron chi connectivity index (χ3n) is 6.62. The lowest BCUT2D eigenvalue weighted by Gasteiger charge is -2.28. The van der Waals surface area contributed by atoms with Crippen LogP contribution >= 0.6 is 0 Å². The fraction of sp³-hybridized carbons (Fsp3) is 0.706. The van der Waals surface area contributed by atoms with Crippen molar-refractivity contribution in [2.45, 2.75) is 62.6 Å². The second-order valence-corrected chi connectivity index (χ2v) is 9.35. The van der Waals surface area contributed by atoms with Crippen molar-refractivity contribution < 1.29 is 31.7 Å². The van der Waals surface area contributed by atoms with E-state index in [-0.39, 0.29) is 13.2 Å². The van der Waals surface area contributed by atoms with Crippen LogP contribution in [0.2, 0.25) is 0 Å². The van der Waals surface area contributed by atoms with Gasteiger partial charge in [-0.3, -0.25) is 18.9 Å². The number of fused-ring (bicyclic) bond motifs is 7. The molecule has 5 rings (SSSR count). The summed E-state index contributed by atoms with van der Waals surface area (Å²) < 4.78 is 37.0. The van der Waals surface area contributed by atoms with Gasteiger partial charge in [0, 0.05) is 30.8 Å². The van der Waals surface area contributed by atoms with Crippen molar-refractivity contribution >= 4 is 22.3 Å². The zero-order valence-electron chi connectivity index (χ0n) is 16.4. The third-order valence-corrected chi connectivity index (χ3v) is 6.96. The Morgan fingerprint density at radius 3 is 2.80 bits per heavy atom. The van der Waals surface area contributed by atoms with Crippen molar-refractivity contribution in [2.24, 2.45) is 7.05 Å². The van der Waals surface area contributed by atoms with Gasteiger partial charge in [0.1, 0.15) is 12.6 Å². The number of amides is 3. The molecule has 4 aliphatic rings. The maximum Gasteiger partial charge on any atom is 0.418 e. The van der Waals surface area contributed by atoms with Crippen LogP contribution in [-0.4, -0.2) is 63.3 Å². The average molecular weight is 441 g/mol. The standard InChI is InChI=1S/C17H23N5O7S/c1-20-15-10-3-2-9(6-10)14(15)12(18-20)8-28-19-16(23)13-5-4-11-7-21(13)17(24)22(11)29-30(25,26)27/h9-11,13H,2-8H2,1H3,(H,19,23)(H,25,26,27)/t9?,10?,11?,13-/m0/s1. The van der Waals surface area contributed by atoms with Crippen LogP contribution in [0, 0.1) is 0 Å². The van der Waals surface area contributed by atoms with Crippen LogP contribution in [0.4, 0.5) is 4.79 Å². The van der Waals surface area contributed by atoms with E-state index in [4.69, 9.17) is 9.39 Å². The lowest BCUT2D eigenvalue weighted by atomic mass is 9.96. The minimum Gasteiger partial charge on any atom is -0.309 e. The topological polar surface area (TPSA) is 143 Å². The number of hydrogen-bond donors (Lipinski definition) is 2. The molecule has 164 valence electrons. The summed E-state index contributed by atoms with van der Waals surface area (Å²) in [5.74, 6) is 0.582. The highest BCUT2D eigenvalue weighted by Crippen LogP contribution is 2.53. The smallest absolute Gasteiger partial charge is 0.309 e. The normalized spacial score (nSPS) is 29.6. The largest absolute Gasteiger partial charge is 0.418 e. The second kappa shape index (κ2) is 6.90. The number of piperidine rings is 1. The van der Waals surface area contributed by atoms with Crippen molar-refractivity contribution in [3.05, 3.63) is 17.0 Å². The number of nitrogens with zero attached hydrogens (tertiary/aromatic N) is 4. The molecule has 4 bridgehead atoms. The molecular weight excluding hydrogens is 418 g/mol. The van der Waals surface area contributed by atoms with Gasteiger partial charge >= 0.3 is 16.4 Å². The Kier molecular flexibility index (Phi) is 4.54. The van der Waals surface area contributed by atoms with Gasteiger partial charge in [-0.05, 0) is 38.0 Å². The fourth-order valence-electron chi connectivity index (χ4n) is 5.49. The first-order chi connectivity index (χ1) is 14.2. The summed E-state index contributed by atoms with van der Waals surface area (Å²) in [7, 11) is -2.89. The summed E-state index contributed by atoms with van der Waals surface area (Å²) in [6, 6.07) is -2.14. The predicted molar refractivity (Wildman–Crippen MR) is 98.9 cm³/mol. The van der Waals surface area contributed by atoms with Gasteiger partial charge in [0.15, 0.2) is 0 Å². The molecule has 4 atom stereocenters. The molecule has 1 aromatic rings. The monoisotopic (exact) mass is 441 g/mol. The van der Waals surface area contributed by atoms with E-state index in [1.165, 1.54) is 22.6 Å². The van der Waals surface area contributed by atoms with E-state index in [1.54, 1.807) is 0 Å². The summed E-state index contributed by atoms with van der Waals surface area (Å²) >= 11 is 0. The quantitative estimate of drug-likeness (QED) is 0.475. The van der Waals surface area contributed by atoms with Crippen molar-refractivity contribution in [1.82, 2.24) is 25.2 Å². The molecule has 3 amide bonds. The van der Waals surface area contributed by atoms with E-state index in [9.17, 15) is 18.0 Å². The molecular formula is C17H23N5O7S. The minimum atomic E-state index is -4.82. The molecule has 12 nitrogen and oxygen atoms in total. The molecule has 30 heavy (non-hydrogen) atoms. The molecule has 0 spiro atoms. The van der Waals surface area contributed by atoms with Gasteiger partial charge in [0.05, 0.1) is 11.7 Å². The first-order valence-corrected chi connectivity index (χ1v) is 11.3. The SMILES string of the molecule is Cn1nc(CONC(=O)[C@@H]2CCC3CN2C(=O)N3OS(=O)(=O)O)c2c1C1CCC2C1. The molecule has 13 heteroatoms. The third kappa shape index (κ3) is 3.16. The number of hydrogen-bond acceptors (Lipinski definition) is 7. The Bertz CT molecular complexity index is 1010. The number of aromatic nitrogens is 2. The van der Waals surface area contributed by atoms with Crippen LogP contribution in [0.3, 0.4) is 0 Å². The van der Waals surface area contributed by atoms with Gasteiger partial charge in [-0.2, -0.15) is 18.6 Å². The number of hydroxylamine groups is 3. The molecule has 2 aliphatic heterocycles. The average Bonchev–Trinajstić information content (AvgIpc) is 3.42. The van der Waals surface area contributed by atoms with E-state index in [0.29, 0.717) is 29.7 Å². The maximum atomic E-state index is 12.6. The van der Waals surface area contributed by atoms with Crippen molar-refractivity contribution in [3.63, 3.8) is 0 Å². The summed E-state index contributed by atoms with van der Waals surface area (Å²) in [5.41, 5.74) is 5.75. The number of urea groups is 1. The Labute approximate surface area is 172 Å². The molecule has 2 aliphatic carbocycles. The van der Waals surface area contributed by atoms with Crippen LogP contribution in [0.15, 0.2) is 0 Å². The van der Waals surface area contributed by atoms with Gasteiger partial charge in [-0.1, -0.05) is 0 Å². The summed E-state index contributed by atoms with van der Waals surface area (Å²) in [4.78, 5) is 31.6. The van der Waals surface area contributed by atoms with E-state index in [2.05, 4.69) is 14.9 Å². The Balaban J connectivity index is 1.20. The molecule has 2 N–H and O–H groups in total. The van der Waals surface area contributed by atoms with Gasteiger partial charge in [0.25, 0.3) is 5.91 Å². The molecule has 3 fully saturated rings. The Morgan fingerprint density at radius 1 is 1.27 bits per heavy atom. The second-order valence-electron chi connectivity index (χ2n) is 8.34. The van der Waals surface area contributed by atoms with Crippen molar-refractivity contribution in [2.75, 3.05) is 6.54 Å². The zero-order chi connectivity index (χ0) is 21.2. The number of carbonyl (C=O) groups excluding carboxylic acids is 2. The Hall–Kier alpha value is -2.22. The van der Waals surface area contributed by atoms with Crippen LogP contribution in [0.25, 0.3) is 0 Å². The number of rotatable bonds is 6. The van der Waals surface area contributed by atoms with Gasteiger partial charge < -0.3 is 4.90 Å². The molecule has 0 aromatic carbocycles. The number of carbonyl (C=O) groups is 2. The Morgan fingerprint density at radius 2 is 2.03 bits per heavy atom. The van der Waals surface area contributed by atoms with Crippen molar-refractivity contribution in [1.29, 1.82) is 0 Å². The lowest BCUT2D eigenvalue weighted by molar-refractivity contribution is -0.140. The van der Waals surface area contributed by atoms with E-state index in [1.807, 2.05) is 11.7 Å². The predicted octanol–water partition coefficient (Wildman–Crippen LogP) is 0.336. The van der Waals surface area contributed by atoms with Crippen molar-refractivity contribution in [3.8, 4) is 0 Å². The summed E-state index contributed by atoms with van der Waals surface area (Å²) in [5, 5.41) is 5.16. The van der Waals surface area contributed by atoms with E-state index >= 15 is 0 Å². The molecule has 0 radical (unpaired) electrons. The summed E-state index contributed by atoms with van der Waals surface area (Å²) in [6.45, 7) is 0.267. The van der Waals surface area contributed by atoms with Gasteiger partial charge in [-0.15, -0.1) is 4.28 Å². The van der Waals surface area contributed by atoms with E-state index in [0.717, 1.165) is 18.5 Å². The van der Waals surface area contributed by atoms with Gasteiger partial charge in [0.2, 0.25) is 0 Å². The number of nitrogens with one attached hydrogen (secondary N) is 1. The van der Waals surface area contributed by atoms with Gasteiger partial charge in [-0.25, -0.2) is 10.3 Å². The first-order valence-electron chi connectivity index (χ1n) is 9.97. The molecule has 1 saturated carbocycles. The molecule has 1 aromatic heterocycles. The minimum absolute atomic E-state index is 0.128. The highest BCUT2D eigenvalue weighted by atomic mass is 32.3. The molecule has 3 unspecified atom stereocenters. The van der Waals surface area contributed by atoms with E-state index < -0.39 is 34.4 Å². The van der Waals surface area contributed by atoms with Crippen LogP contribution in [-0.2, 0) is 38.0 Å². The molecule has 3 heterocycles. The zero-order valence-corrected chi connectivity index (χ0v) is 17.2. The first kappa shape index (κ1) is 19.7. The highest BCUT2D eigenvalue weighted by Gasteiger charge is 2.49.